The summed E-state index contributed by atoms with van der Waals surface area (Å²) in [5, 5.41) is 0. The molecule has 0 amide bonds. The van der Waals surface area contributed by atoms with E-state index in [1.54, 1.807) is 30.3 Å². The fourth-order valence-electron chi connectivity index (χ4n) is 1.48. The van der Waals surface area contributed by atoms with E-state index in [1.807, 2.05) is 0 Å². The van der Waals surface area contributed by atoms with Gasteiger partial charge >= 0.3 is 0 Å². The van der Waals surface area contributed by atoms with Gasteiger partial charge in [-0.1, -0.05) is 25.3 Å². The van der Waals surface area contributed by atoms with E-state index in [0.29, 0.717) is 22.7 Å². The summed E-state index contributed by atoms with van der Waals surface area (Å²) in [5.74, 6) is 0.103. The van der Waals surface area contributed by atoms with Crippen LogP contribution < -0.4 is 10.5 Å². The molecule has 1 aromatic carbocycles. The maximum Gasteiger partial charge on any atom is 0.166 e. The van der Waals surface area contributed by atoms with Gasteiger partial charge in [0.2, 0.25) is 0 Å². The zero-order chi connectivity index (χ0) is 13.8. The first-order valence-electron chi connectivity index (χ1n) is 5.61. The Kier molecular flexibility index (Phi) is 3.61. The van der Waals surface area contributed by atoms with Crippen LogP contribution in [0, 0.1) is 5.82 Å². The maximum absolute atomic E-state index is 13.7. The fraction of sp³-hybridized carbons (Fsp3) is 0. The van der Waals surface area contributed by atoms with E-state index in [-0.39, 0.29) is 5.75 Å². The summed E-state index contributed by atoms with van der Waals surface area (Å²) < 4.78 is 19.1. The Balaban J connectivity index is 2.21. The quantitative estimate of drug-likeness (QED) is 0.909. The van der Waals surface area contributed by atoms with Crippen LogP contribution in [0.25, 0.3) is 11.8 Å². The van der Waals surface area contributed by atoms with Crippen molar-refractivity contribution in [3.8, 4) is 11.5 Å². The molecule has 0 radical (unpaired) electrons. The Morgan fingerprint density at radius 2 is 2.11 bits per heavy atom. The number of nitrogens with zero attached hydrogens (tertiary/aromatic N) is 1. The highest BCUT2D eigenvalue weighted by Gasteiger charge is 2.06. The minimum absolute atomic E-state index is 0.131. The van der Waals surface area contributed by atoms with Crippen molar-refractivity contribution in [2.75, 3.05) is 0 Å². The van der Waals surface area contributed by atoms with Crippen LogP contribution in [0.5, 0.6) is 11.5 Å². The van der Waals surface area contributed by atoms with Crippen molar-refractivity contribution < 1.29 is 9.13 Å². The van der Waals surface area contributed by atoms with Gasteiger partial charge < -0.3 is 10.5 Å². The van der Waals surface area contributed by atoms with Crippen LogP contribution in [0.2, 0.25) is 0 Å². The van der Waals surface area contributed by atoms with Crippen molar-refractivity contribution >= 4 is 11.8 Å². The number of pyridine rings is 1. The van der Waals surface area contributed by atoms with Gasteiger partial charge in [0.25, 0.3) is 0 Å². The van der Waals surface area contributed by atoms with E-state index in [1.165, 1.54) is 12.3 Å². The monoisotopic (exact) mass is 256 g/mol. The summed E-state index contributed by atoms with van der Waals surface area (Å²) in [6.07, 6.45) is 3.03. The molecule has 3 nitrogen and oxygen atoms in total. The highest BCUT2D eigenvalue weighted by atomic mass is 19.1. The Morgan fingerprint density at radius 3 is 2.63 bits per heavy atom. The third-order valence-electron chi connectivity index (χ3n) is 2.48. The minimum atomic E-state index is -0.454. The van der Waals surface area contributed by atoms with E-state index in [0.717, 1.165) is 0 Å². The molecule has 4 heteroatoms. The van der Waals surface area contributed by atoms with Crippen LogP contribution >= 0.6 is 0 Å². The first-order chi connectivity index (χ1) is 9.10. The van der Waals surface area contributed by atoms with Crippen molar-refractivity contribution in [2.24, 2.45) is 5.73 Å². The molecule has 2 N–H and O–H groups in total. The molecule has 0 aliphatic heterocycles. The Hall–Kier alpha value is -2.62. The van der Waals surface area contributed by atoms with Gasteiger partial charge in [-0.15, -0.1) is 0 Å². The second kappa shape index (κ2) is 5.35. The van der Waals surface area contributed by atoms with Crippen LogP contribution in [0.3, 0.4) is 0 Å². The number of hydrogen-bond acceptors (Lipinski definition) is 3. The second-order valence-corrected chi connectivity index (χ2v) is 3.90. The van der Waals surface area contributed by atoms with Crippen LogP contribution in [0.15, 0.2) is 49.7 Å². The standard InChI is InChI=1S/C15H13FN2O/c1-3-11-4-7-15(13(16)8-11)19-12-5-6-14(10(2)17)18-9-12/h3-9H,1-2,17H2. The predicted octanol–water partition coefficient (Wildman–Crippen LogP) is 3.59. The Bertz CT molecular complexity index is 621. The lowest BCUT2D eigenvalue weighted by Gasteiger charge is -2.07. The number of aromatic nitrogens is 1. The number of benzene rings is 1. The van der Waals surface area contributed by atoms with E-state index >= 15 is 0 Å². The molecule has 0 saturated heterocycles. The first-order valence-corrected chi connectivity index (χ1v) is 5.61. The number of ether oxygens (including phenoxy) is 1. The van der Waals surface area contributed by atoms with Crippen LogP contribution in [-0.2, 0) is 0 Å². The molecule has 0 bridgehead atoms. The third-order valence-corrected chi connectivity index (χ3v) is 2.48. The molecule has 0 fully saturated rings. The van der Waals surface area contributed by atoms with Gasteiger partial charge in [-0.25, -0.2) is 4.39 Å². The summed E-state index contributed by atoms with van der Waals surface area (Å²) >= 11 is 0. The van der Waals surface area contributed by atoms with Crippen LogP contribution in [0.1, 0.15) is 11.3 Å². The lowest BCUT2D eigenvalue weighted by Crippen LogP contribution is -1.97. The maximum atomic E-state index is 13.7. The van der Waals surface area contributed by atoms with Gasteiger partial charge in [0.1, 0.15) is 5.75 Å². The fourth-order valence-corrected chi connectivity index (χ4v) is 1.48. The predicted molar refractivity (Wildman–Crippen MR) is 74.0 cm³/mol. The number of rotatable bonds is 4. The topological polar surface area (TPSA) is 48.1 Å². The lowest BCUT2D eigenvalue weighted by molar-refractivity contribution is 0.440. The molecule has 0 aliphatic rings. The van der Waals surface area contributed by atoms with E-state index in [9.17, 15) is 4.39 Å². The number of hydrogen-bond donors (Lipinski definition) is 1. The first kappa shape index (κ1) is 12.8. The average molecular weight is 256 g/mol. The molecule has 2 aromatic rings. The van der Waals surface area contributed by atoms with E-state index in [4.69, 9.17) is 10.5 Å². The summed E-state index contributed by atoms with van der Waals surface area (Å²) in [6, 6.07) is 7.93. The molecule has 1 aromatic heterocycles. The lowest BCUT2D eigenvalue weighted by atomic mass is 10.2. The van der Waals surface area contributed by atoms with Crippen LogP contribution in [0.4, 0.5) is 4.39 Å². The normalized spacial score (nSPS) is 9.95. The van der Waals surface area contributed by atoms with Gasteiger partial charge in [0, 0.05) is 0 Å². The molecule has 0 atom stereocenters. The van der Waals surface area contributed by atoms with Gasteiger partial charge in [-0.2, -0.15) is 0 Å². The second-order valence-electron chi connectivity index (χ2n) is 3.90. The van der Waals surface area contributed by atoms with Crippen molar-refractivity contribution in [3.05, 3.63) is 66.8 Å². The highest BCUT2D eigenvalue weighted by molar-refractivity contribution is 5.56. The SMILES string of the molecule is C=Cc1ccc(Oc2ccc(C(=C)N)nc2)c(F)c1. The van der Waals surface area contributed by atoms with Crippen molar-refractivity contribution in [1.82, 2.24) is 4.98 Å². The minimum Gasteiger partial charge on any atom is -0.453 e. The molecule has 0 saturated carbocycles. The molecule has 96 valence electrons. The van der Waals surface area contributed by atoms with Crippen LogP contribution in [-0.4, -0.2) is 4.98 Å². The van der Waals surface area contributed by atoms with Crippen molar-refractivity contribution in [1.29, 1.82) is 0 Å². The molecule has 0 aliphatic carbocycles. The van der Waals surface area contributed by atoms with Gasteiger partial charge in [-0.3, -0.25) is 4.98 Å². The van der Waals surface area contributed by atoms with E-state index in [2.05, 4.69) is 18.1 Å². The molecule has 0 unspecified atom stereocenters. The molecule has 1 heterocycles. The summed E-state index contributed by atoms with van der Waals surface area (Å²) in [7, 11) is 0. The summed E-state index contributed by atoms with van der Waals surface area (Å²) in [4.78, 5) is 4.05. The Morgan fingerprint density at radius 1 is 1.32 bits per heavy atom. The summed E-state index contributed by atoms with van der Waals surface area (Å²) in [5.41, 5.74) is 7.13. The zero-order valence-corrected chi connectivity index (χ0v) is 10.3. The molecule has 2 rings (SSSR count). The number of halogens is 1. The largest absolute Gasteiger partial charge is 0.453 e. The van der Waals surface area contributed by atoms with Gasteiger partial charge in [0.15, 0.2) is 11.6 Å². The molecule has 19 heavy (non-hydrogen) atoms. The zero-order valence-electron chi connectivity index (χ0n) is 10.3. The van der Waals surface area contributed by atoms with Crippen molar-refractivity contribution in [2.45, 2.75) is 0 Å². The molecular formula is C15H13FN2O. The molecular weight excluding hydrogens is 243 g/mol. The van der Waals surface area contributed by atoms with Gasteiger partial charge in [0.05, 0.1) is 17.6 Å². The smallest absolute Gasteiger partial charge is 0.166 e. The third kappa shape index (κ3) is 2.98. The van der Waals surface area contributed by atoms with E-state index < -0.39 is 5.82 Å². The summed E-state index contributed by atoms with van der Waals surface area (Å²) in [6.45, 7) is 7.15. The highest BCUT2D eigenvalue weighted by Crippen LogP contribution is 2.25. The number of nitrogens with two attached hydrogens (primary N) is 1. The Labute approximate surface area is 110 Å². The van der Waals surface area contributed by atoms with Crippen molar-refractivity contribution in [3.63, 3.8) is 0 Å². The average Bonchev–Trinajstić information content (AvgIpc) is 2.41. The molecule has 0 spiro atoms. The van der Waals surface area contributed by atoms with Gasteiger partial charge in [-0.05, 0) is 29.8 Å².